The Balaban J connectivity index is 3.03. The number of aliphatic carboxylic acids is 1. The van der Waals surface area contributed by atoms with Crippen LogP contribution in [0.1, 0.15) is 12.5 Å². The van der Waals surface area contributed by atoms with Gasteiger partial charge in [-0.15, -0.1) is 0 Å². The van der Waals surface area contributed by atoms with E-state index in [4.69, 9.17) is 5.11 Å². The standard InChI is InChI=1S/C11H12O4S/c1-2-9-3-5-10(6-4-9)16(14,15)8-7-11(12)13/h3-8H,2H2,1H3,(H,12,13)/b8-7+. The molecule has 0 heterocycles. The predicted octanol–water partition coefficient (Wildman–Crippen LogP) is 1.62. The van der Waals surface area contributed by atoms with Gasteiger partial charge in [-0.25, -0.2) is 13.2 Å². The topological polar surface area (TPSA) is 71.4 Å². The maximum atomic E-state index is 11.6. The summed E-state index contributed by atoms with van der Waals surface area (Å²) in [5, 5.41) is 9.05. The zero-order valence-electron chi connectivity index (χ0n) is 8.75. The number of sulfone groups is 1. The highest BCUT2D eigenvalue weighted by molar-refractivity contribution is 7.94. The van der Waals surface area contributed by atoms with Gasteiger partial charge in [0.2, 0.25) is 0 Å². The molecule has 0 aliphatic carbocycles. The highest BCUT2D eigenvalue weighted by atomic mass is 32.2. The lowest BCUT2D eigenvalue weighted by molar-refractivity contribution is -0.131. The highest BCUT2D eigenvalue weighted by Crippen LogP contribution is 2.13. The number of carboxylic acid groups (broad SMARTS) is 1. The lowest BCUT2D eigenvalue weighted by atomic mass is 10.2. The van der Waals surface area contributed by atoms with E-state index >= 15 is 0 Å². The summed E-state index contributed by atoms with van der Waals surface area (Å²) in [4.78, 5) is 10.3. The third-order valence-corrected chi connectivity index (χ3v) is 3.47. The predicted molar refractivity (Wildman–Crippen MR) is 59.8 cm³/mol. The zero-order valence-corrected chi connectivity index (χ0v) is 9.57. The Labute approximate surface area is 94.1 Å². The fourth-order valence-electron chi connectivity index (χ4n) is 1.14. The van der Waals surface area contributed by atoms with Gasteiger partial charge in [-0.3, -0.25) is 0 Å². The van der Waals surface area contributed by atoms with Crippen LogP contribution in [0.25, 0.3) is 0 Å². The van der Waals surface area contributed by atoms with Gasteiger partial charge in [0.15, 0.2) is 9.84 Å². The molecule has 86 valence electrons. The maximum absolute atomic E-state index is 11.6. The van der Waals surface area contributed by atoms with Gasteiger partial charge >= 0.3 is 5.97 Å². The molecule has 4 nitrogen and oxygen atoms in total. The van der Waals surface area contributed by atoms with Crippen LogP contribution in [0.5, 0.6) is 0 Å². The molecule has 5 heteroatoms. The van der Waals surface area contributed by atoms with Crippen molar-refractivity contribution in [1.29, 1.82) is 0 Å². The average Bonchev–Trinajstić information content (AvgIpc) is 2.27. The lowest BCUT2D eigenvalue weighted by Crippen LogP contribution is -1.98. The Hall–Kier alpha value is -1.62. The molecule has 0 saturated heterocycles. The number of hydrogen-bond acceptors (Lipinski definition) is 3. The Morgan fingerprint density at radius 1 is 1.31 bits per heavy atom. The van der Waals surface area contributed by atoms with Crippen LogP contribution >= 0.6 is 0 Å². The smallest absolute Gasteiger partial charge is 0.329 e. The van der Waals surface area contributed by atoms with Crippen molar-refractivity contribution in [3.05, 3.63) is 41.3 Å². The first kappa shape index (κ1) is 12.4. The number of carboxylic acids is 1. The Morgan fingerprint density at radius 2 is 1.88 bits per heavy atom. The molecule has 1 aromatic rings. The molecule has 0 unspecified atom stereocenters. The van der Waals surface area contributed by atoms with Crippen LogP contribution in [-0.4, -0.2) is 19.5 Å². The molecular formula is C11H12O4S. The third kappa shape index (κ3) is 3.20. The van der Waals surface area contributed by atoms with Crippen molar-refractivity contribution in [3.63, 3.8) is 0 Å². The molecule has 0 aromatic heterocycles. The molecule has 0 saturated carbocycles. The summed E-state index contributed by atoms with van der Waals surface area (Å²) in [7, 11) is -3.64. The molecule has 0 atom stereocenters. The summed E-state index contributed by atoms with van der Waals surface area (Å²) in [5.74, 6) is -1.28. The molecule has 0 bridgehead atoms. The van der Waals surface area contributed by atoms with Crippen molar-refractivity contribution in [2.75, 3.05) is 0 Å². The number of benzene rings is 1. The molecule has 0 fully saturated rings. The molecule has 0 radical (unpaired) electrons. The minimum absolute atomic E-state index is 0.0993. The Morgan fingerprint density at radius 3 is 2.31 bits per heavy atom. The number of carbonyl (C=O) groups is 1. The van der Waals surface area contributed by atoms with Crippen LogP contribution in [0.15, 0.2) is 40.6 Å². The average molecular weight is 240 g/mol. The van der Waals surface area contributed by atoms with E-state index in [1.807, 2.05) is 6.92 Å². The van der Waals surface area contributed by atoms with Crippen LogP contribution in [0.2, 0.25) is 0 Å². The molecule has 1 rings (SSSR count). The number of aryl methyl sites for hydroxylation is 1. The first-order valence-electron chi connectivity index (χ1n) is 4.70. The molecule has 0 aliphatic rings. The SMILES string of the molecule is CCc1ccc(S(=O)(=O)/C=C/C(=O)O)cc1. The monoisotopic (exact) mass is 240 g/mol. The fourth-order valence-corrected chi connectivity index (χ4v) is 2.11. The molecular weight excluding hydrogens is 228 g/mol. The van der Waals surface area contributed by atoms with Crippen molar-refractivity contribution >= 4 is 15.8 Å². The first-order valence-corrected chi connectivity index (χ1v) is 6.25. The van der Waals surface area contributed by atoms with E-state index < -0.39 is 15.8 Å². The van der Waals surface area contributed by atoms with Crippen molar-refractivity contribution in [2.24, 2.45) is 0 Å². The van der Waals surface area contributed by atoms with Crippen LogP contribution in [0, 0.1) is 0 Å². The van der Waals surface area contributed by atoms with Crippen LogP contribution in [-0.2, 0) is 21.1 Å². The quantitative estimate of drug-likeness (QED) is 0.812. The highest BCUT2D eigenvalue weighted by Gasteiger charge is 2.10. The Bertz CT molecular complexity index is 497. The molecule has 1 aromatic carbocycles. The van der Waals surface area contributed by atoms with Crippen molar-refractivity contribution < 1.29 is 18.3 Å². The number of hydrogen-bond donors (Lipinski definition) is 1. The minimum Gasteiger partial charge on any atom is -0.478 e. The van der Waals surface area contributed by atoms with E-state index in [-0.39, 0.29) is 4.90 Å². The minimum atomic E-state index is -3.64. The second kappa shape index (κ2) is 4.94. The molecule has 0 spiro atoms. The van der Waals surface area contributed by atoms with Gasteiger partial charge in [0, 0.05) is 11.5 Å². The molecule has 1 N–H and O–H groups in total. The lowest BCUT2D eigenvalue weighted by Gasteiger charge is -2.00. The van der Waals surface area contributed by atoms with Crippen molar-refractivity contribution in [2.45, 2.75) is 18.2 Å². The second-order valence-corrected chi connectivity index (χ2v) is 5.02. The van der Waals surface area contributed by atoms with E-state index in [0.29, 0.717) is 11.5 Å². The van der Waals surface area contributed by atoms with Crippen LogP contribution < -0.4 is 0 Å². The summed E-state index contributed by atoms with van der Waals surface area (Å²) < 4.78 is 23.2. The first-order chi connectivity index (χ1) is 7.45. The normalized spacial score (nSPS) is 11.8. The summed E-state index contributed by atoms with van der Waals surface area (Å²) in [6, 6.07) is 6.36. The van der Waals surface area contributed by atoms with E-state index in [9.17, 15) is 13.2 Å². The summed E-state index contributed by atoms with van der Waals surface area (Å²) in [6.07, 6.45) is 1.44. The molecule has 0 aliphatic heterocycles. The van der Waals surface area contributed by atoms with Gasteiger partial charge in [-0.05, 0) is 24.1 Å². The zero-order chi connectivity index (χ0) is 12.2. The molecule has 0 amide bonds. The summed E-state index contributed by atoms with van der Waals surface area (Å²) >= 11 is 0. The van der Waals surface area contributed by atoms with Gasteiger partial charge in [0.1, 0.15) is 0 Å². The van der Waals surface area contributed by atoms with E-state index in [0.717, 1.165) is 12.0 Å². The molecule has 16 heavy (non-hydrogen) atoms. The van der Waals surface area contributed by atoms with Gasteiger partial charge in [-0.1, -0.05) is 19.1 Å². The van der Waals surface area contributed by atoms with Gasteiger partial charge < -0.3 is 5.11 Å². The summed E-state index contributed by atoms with van der Waals surface area (Å²) in [6.45, 7) is 1.97. The van der Waals surface area contributed by atoms with E-state index in [1.54, 1.807) is 12.1 Å². The van der Waals surface area contributed by atoms with Crippen LogP contribution in [0.3, 0.4) is 0 Å². The number of rotatable bonds is 4. The maximum Gasteiger partial charge on any atom is 0.329 e. The second-order valence-electron chi connectivity index (χ2n) is 3.18. The summed E-state index contributed by atoms with van der Waals surface area (Å²) in [5.41, 5.74) is 1.03. The Kier molecular flexibility index (Phi) is 3.84. The largest absolute Gasteiger partial charge is 0.478 e. The van der Waals surface area contributed by atoms with Crippen molar-refractivity contribution in [1.82, 2.24) is 0 Å². The third-order valence-electron chi connectivity index (χ3n) is 2.05. The van der Waals surface area contributed by atoms with Gasteiger partial charge in [-0.2, -0.15) is 0 Å². The van der Waals surface area contributed by atoms with Gasteiger partial charge in [0.25, 0.3) is 0 Å². The van der Waals surface area contributed by atoms with Crippen molar-refractivity contribution in [3.8, 4) is 0 Å². The fraction of sp³-hybridized carbons (Fsp3) is 0.182. The van der Waals surface area contributed by atoms with E-state index in [2.05, 4.69) is 0 Å². The van der Waals surface area contributed by atoms with Gasteiger partial charge in [0.05, 0.1) is 4.90 Å². The van der Waals surface area contributed by atoms with E-state index in [1.165, 1.54) is 12.1 Å². The van der Waals surface area contributed by atoms with Crippen LogP contribution in [0.4, 0.5) is 0 Å².